The smallest absolute Gasteiger partial charge is 0.219 e. The van der Waals surface area contributed by atoms with Crippen LogP contribution in [0, 0.1) is 17.1 Å². The maximum Gasteiger partial charge on any atom is 0.219 e. The number of rotatable bonds is 2. The van der Waals surface area contributed by atoms with Crippen LogP contribution >= 0.6 is 15.9 Å². The van der Waals surface area contributed by atoms with Crippen LogP contribution in [0.4, 0.5) is 4.39 Å². The van der Waals surface area contributed by atoms with Gasteiger partial charge >= 0.3 is 0 Å². The third kappa shape index (κ3) is 2.80. The molecule has 5 heteroatoms. The number of hydrogen-bond acceptors (Lipinski definition) is 3. The summed E-state index contributed by atoms with van der Waals surface area (Å²) in [6.45, 7) is 0. The maximum absolute atomic E-state index is 13.0. The minimum atomic E-state index is -0.356. The van der Waals surface area contributed by atoms with E-state index in [4.69, 9.17) is 10.00 Å². The van der Waals surface area contributed by atoms with Crippen molar-refractivity contribution in [2.45, 2.75) is 0 Å². The van der Waals surface area contributed by atoms with Crippen molar-refractivity contribution in [2.75, 3.05) is 0 Å². The summed E-state index contributed by atoms with van der Waals surface area (Å²) in [6, 6.07) is 9.44. The summed E-state index contributed by atoms with van der Waals surface area (Å²) in [7, 11) is 0. The first-order valence-corrected chi connectivity index (χ1v) is 5.47. The van der Waals surface area contributed by atoms with Crippen LogP contribution in [0.2, 0.25) is 0 Å². The molecular formula is C12H6BrFN2O. The second kappa shape index (κ2) is 4.93. The van der Waals surface area contributed by atoms with Crippen molar-refractivity contribution in [3.63, 3.8) is 0 Å². The Labute approximate surface area is 106 Å². The molecule has 0 amide bonds. The van der Waals surface area contributed by atoms with E-state index in [2.05, 4.69) is 20.9 Å². The molecule has 17 heavy (non-hydrogen) atoms. The quantitative estimate of drug-likeness (QED) is 0.849. The zero-order chi connectivity index (χ0) is 12.3. The highest BCUT2D eigenvalue weighted by Crippen LogP contribution is 2.25. The van der Waals surface area contributed by atoms with Gasteiger partial charge < -0.3 is 4.74 Å². The predicted molar refractivity (Wildman–Crippen MR) is 63.1 cm³/mol. The number of nitrogens with zero attached hydrogens (tertiary/aromatic N) is 2. The lowest BCUT2D eigenvalue weighted by Crippen LogP contribution is -1.89. The summed E-state index contributed by atoms with van der Waals surface area (Å²) in [5.74, 6) is 0.461. The molecule has 0 atom stereocenters. The summed E-state index contributed by atoms with van der Waals surface area (Å²) in [6.07, 6.45) is 1.41. The van der Waals surface area contributed by atoms with Crippen LogP contribution < -0.4 is 4.74 Å². The molecule has 2 rings (SSSR count). The lowest BCUT2D eigenvalue weighted by Gasteiger charge is -2.05. The van der Waals surface area contributed by atoms with Crippen molar-refractivity contribution in [2.24, 2.45) is 0 Å². The van der Waals surface area contributed by atoms with E-state index in [9.17, 15) is 4.39 Å². The minimum Gasteiger partial charge on any atom is -0.439 e. The average molecular weight is 293 g/mol. The summed E-state index contributed by atoms with van der Waals surface area (Å²) in [4.78, 5) is 3.94. The number of hydrogen-bond donors (Lipinski definition) is 0. The van der Waals surface area contributed by atoms with E-state index in [1.807, 2.05) is 6.07 Å². The second-order valence-corrected chi connectivity index (χ2v) is 4.03. The number of ether oxygens (including phenoxy) is 1. The van der Waals surface area contributed by atoms with Crippen LogP contribution in [-0.2, 0) is 0 Å². The first kappa shape index (κ1) is 11.6. The van der Waals surface area contributed by atoms with E-state index in [1.54, 1.807) is 12.1 Å². The fraction of sp³-hybridized carbons (Fsp3) is 0. The monoisotopic (exact) mass is 292 g/mol. The van der Waals surface area contributed by atoms with Crippen LogP contribution in [0.15, 0.2) is 41.0 Å². The van der Waals surface area contributed by atoms with E-state index in [0.29, 0.717) is 21.7 Å². The van der Waals surface area contributed by atoms with Crippen molar-refractivity contribution >= 4 is 15.9 Å². The van der Waals surface area contributed by atoms with Crippen LogP contribution in [0.1, 0.15) is 5.56 Å². The van der Waals surface area contributed by atoms with Gasteiger partial charge in [0.15, 0.2) is 0 Å². The SMILES string of the molecule is N#Cc1ccc(Oc2ccc(F)c(Br)c2)nc1. The van der Waals surface area contributed by atoms with Crippen molar-refractivity contribution in [3.8, 4) is 17.7 Å². The third-order valence-electron chi connectivity index (χ3n) is 1.98. The van der Waals surface area contributed by atoms with E-state index < -0.39 is 0 Å². The molecule has 0 bridgehead atoms. The molecule has 0 aliphatic rings. The zero-order valence-corrected chi connectivity index (χ0v) is 10.1. The van der Waals surface area contributed by atoms with Gasteiger partial charge in [-0.25, -0.2) is 9.37 Å². The van der Waals surface area contributed by atoms with Gasteiger partial charge in [0.1, 0.15) is 17.6 Å². The van der Waals surface area contributed by atoms with Gasteiger partial charge in [0.05, 0.1) is 10.0 Å². The van der Waals surface area contributed by atoms with E-state index in [0.717, 1.165) is 0 Å². The molecule has 3 nitrogen and oxygen atoms in total. The normalized spacial score (nSPS) is 9.71. The molecule has 1 heterocycles. The molecular weight excluding hydrogens is 287 g/mol. The predicted octanol–water partition coefficient (Wildman–Crippen LogP) is 3.65. The Morgan fingerprint density at radius 3 is 2.71 bits per heavy atom. The number of benzene rings is 1. The Kier molecular flexibility index (Phi) is 3.35. The fourth-order valence-electron chi connectivity index (χ4n) is 1.17. The molecule has 0 radical (unpaired) electrons. The van der Waals surface area contributed by atoms with Gasteiger partial charge in [-0.15, -0.1) is 0 Å². The Morgan fingerprint density at radius 1 is 1.29 bits per heavy atom. The van der Waals surface area contributed by atoms with Crippen molar-refractivity contribution in [1.82, 2.24) is 4.98 Å². The molecule has 1 aromatic heterocycles. The summed E-state index contributed by atoms with van der Waals surface area (Å²) in [5, 5.41) is 8.61. The van der Waals surface area contributed by atoms with Crippen LogP contribution in [0.25, 0.3) is 0 Å². The molecule has 0 spiro atoms. The summed E-state index contributed by atoms with van der Waals surface area (Å²) < 4.78 is 18.7. The maximum atomic E-state index is 13.0. The first-order valence-electron chi connectivity index (χ1n) is 4.68. The van der Waals surface area contributed by atoms with Gasteiger partial charge in [-0.3, -0.25) is 0 Å². The molecule has 0 N–H and O–H groups in total. The van der Waals surface area contributed by atoms with Crippen LogP contribution in [0.3, 0.4) is 0 Å². The molecule has 84 valence electrons. The minimum absolute atomic E-state index is 0.323. The van der Waals surface area contributed by atoms with Gasteiger partial charge in [0.25, 0.3) is 0 Å². The Balaban J connectivity index is 2.20. The molecule has 0 fully saturated rings. The van der Waals surface area contributed by atoms with Gasteiger partial charge in [0, 0.05) is 12.3 Å². The zero-order valence-electron chi connectivity index (χ0n) is 8.52. The molecule has 2 aromatic rings. The second-order valence-electron chi connectivity index (χ2n) is 3.17. The number of aromatic nitrogens is 1. The average Bonchev–Trinajstić information content (AvgIpc) is 2.35. The highest BCUT2D eigenvalue weighted by atomic mass is 79.9. The molecule has 0 saturated carbocycles. The molecule has 0 unspecified atom stereocenters. The lowest BCUT2D eigenvalue weighted by atomic mass is 10.3. The van der Waals surface area contributed by atoms with Gasteiger partial charge in [-0.2, -0.15) is 5.26 Å². The number of nitriles is 1. The number of halogens is 2. The lowest BCUT2D eigenvalue weighted by molar-refractivity contribution is 0.460. The van der Waals surface area contributed by atoms with Gasteiger partial charge in [-0.1, -0.05) is 0 Å². The molecule has 0 saturated heterocycles. The van der Waals surface area contributed by atoms with Crippen molar-refractivity contribution in [3.05, 3.63) is 52.4 Å². The van der Waals surface area contributed by atoms with Gasteiger partial charge in [-0.05, 0) is 40.2 Å². The summed E-state index contributed by atoms with van der Waals surface area (Å²) >= 11 is 3.06. The first-order chi connectivity index (χ1) is 8.19. The highest BCUT2D eigenvalue weighted by molar-refractivity contribution is 9.10. The molecule has 0 aliphatic heterocycles. The van der Waals surface area contributed by atoms with Gasteiger partial charge in [0.2, 0.25) is 5.88 Å². The van der Waals surface area contributed by atoms with E-state index in [1.165, 1.54) is 24.4 Å². The standard InChI is InChI=1S/C12H6BrFN2O/c13-10-5-9(2-3-11(10)14)17-12-4-1-8(6-15)7-16-12/h1-5,7H. The molecule has 0 aliphatic carbocycles. The highest BCUT2D eigenvalue weighted by Gasteiger charge is 2.03. The van der Waals surface area contributed by atoms with E-state index in [-0.39, 0.29) is 5.82 Å². The van der Waals surface area contributed by atoms with Crippen molar-refractivity contribution in [1.29, 1.82) is 5.26 Å². The van der Waals surface area contributed by atoms with Crippen LogP contribution in [0.5, 0.6) is 11.6 Å². The van der Waals surface area contributed by atoms with Crippen molar-refractivity contribution < 1.29 is 9.13 Å². The van der Waals surface area contributed by atoms with E-state index >= 15 is 0 Å². The Morgan fingerprint density at radius 2 is 2.12 bits per heavy atom. The summed E-state index contributed by atoms with van der Waals surface area (Å²) in [5.41, 5.74) is 0.456. The fourth-order valence-corrected chi connectivity index (χ4v) is 1.53. The Hall–Kier alpha value is -1.93. The Bertz CT molecular complexity index is 578. The molecule has 1 aromatic carbocycles. The number of pyridine rings is 1. The largest absolute Gasteiger partial charge is 0.439 e. The van der Waals surface area contributed by atoms with Crippen LogP contribution in [-0.4, -0.2) is 4.98 Å². The topological polar surface area (TPSA) is 45.9 Å². The third-order valence-corrected chi connectivity index (χ3v) is 2.59.